The van der Waals surface area contributed by atoms with Gasteiger partial charge in [0.2, 0.25) is 0 Å². The van der Waals surface area contributed by atoms with E-state index in [1.54, 1.807) is 0 Å². The Bertz CT molecular complexity index is 401. The number of unbranched alkanes of at least 4 members (excludes halogenated alkanes) is 13. The number of aliphatic hydroxyl groups excluding tert-OH is 3. The van der Waals surface area contributed by atoms with Gasteiger partial charge in [0.15, 0.2) is 0 Å². The summed E-state index contributed by atoms with van der Waals surface area (Å²) in [4.78, 5) is 0. The summed E-state index contributed by atoms with van der Waals surface area (Å²) in [6.45, 7) is 2.70. The van der Waals surface area contributed by atoms with E-state index in [-0.39, 0.29) is 6.61 Å². The molecule has 0 aromatic rings. The highest BCUT2D eigenvalue weighted by Gasteiger charge is 2.40. The van der Waals surface area contributed by atoms with E-state index in [0.717, 1.165) is 19.3 Å². The van der Waals surface area contributed by atoms with Gasteiger partial charge in [-0.2, -0.15) is 0 Å². The first-order chi connectivity index (χ1) is 14.7. The lowest BCUT2D eigenvalue weighted by atomic mass is 10.1. The number of rotatable bonds is 20. The van der Waals surface area contributed by atoms with Crippen molar-refractivity contribution in [1.82, 2.24) is 0 Å². The summed E-state index contributed by atoms with van der Waals surface area (Å²) in [6.07, 6.45) is 21.0. The van der Waals surface area contributed by atoms with E-state index in [9.17, 15) is 10.2 Å². The van der Waals surface area contributed by atoms with Crippen molar-refractivity contribution in [1.29, 1.82) is 0 Å². The van der Waals surface area contributed by atoms with Crippen molar-refractivity contribution in [3.63, 3.8) is 0 Å². The van der Waals surface area contributed by atoms with Crippen LogP contribution in [0.3, 0.4) is 0 Å². The molecule has 0 radical (unpaired) electrons. The van der Waals surface area contributed by atoms with Crippen LogP contribution in [0.25, 0.3) is 0 Å². The highest BCUT2D eigenvalue weighted by Crippen LogP contribution is 2.20. The van der Waals surface area contributed by atoms with Gasteiger partial charge in [-0.1, -0.05) is 83.3 Å². The quantitative estimate of drug-likeness (QED) is 0.190. The van der Waals surface area contributed by atoms with Crippen LogP contribution in [0, 0.1) is 0 Å². The summed E-state index contributed by atoms with van der Waals surface area (Å²) in [5.74, 6) is 0. The molecule has 0 spiro atoms. The number of hydrogen-bond donors (Lipinski definition) is 3. The molecule has 5 nitrogen and oxygen atoms in total. The van der Waals surface area contributed by atoms with Gasteiger partial charge in [0, 0.05) is 6.61 Å². The molecule has 5 heteroatoms. The van der Waals surface area contributed by atoms with Crippen LogP contribution in [0.4, 0.5) is 0 Å². The molecule has 1 heterocycles. The minimum atomic E-state index is -1.06. The van der Waals surface area contributed by atoms with Gasteiger partial charge < -0.3 is 24.8 Å². The zero-order chi connectivity index (χ0) is 21.9. The van der Waals surface area contributed by atoms with Crippen LogP contribution < -0.4 is 0 Å². The van der Waals surface area contributed by atoms with Crippen LogP contribution in [0.15, 0.2) is 12.2 Å². The molecule has 30 heavy (non-hydrogen) atoms. The Morgan fingerprint density at radius 3 is 1.97 bits per heavy atom. The first-order valence-corrected chi connectivity index (χ1v) is 12.6. The Balaban J connectivity index is 1.83. The number of hydrogen-bond acceptors (Lipinski definition) is 5. The minimum Gasteiger partial charge on any atom is -0.394 e. The van der Waals surface area contributed by atoms with Crippen LogP contribution >= 0.6 is 0 Å². The minimum absolute atomic E-state index is 0.266. The number of ether oxygens (including phenoxy) is 2. The third-order valence-corrected chi connectivity index (χ3v) is 5.97. The smallest absolute Gasteiger partial charge is 0.114 e. The molecule has 0 aromatic heterocycles. The van der Waals surface area contributed by atoms with Crippen LogP contribution in [-0.4, -0.2) is 59.6 Å². The van der Waals surface area contributed by atoms with Gasteiger partial charge in [-0.25, -0.2) is 0 Å². The highest BCUT2D eigenvalue weighted by atomic mass is 16.6. The van der Waals surface area contributed by atoms with Crippen molar-refractivity contribution in [3.05, 3.63) is 12.2 Å². The van der Waals surface area contributed by atoms with E-state index in [1.807, 2.05) is 0 Å². The maximum Gasteiger partial charge on any atom is 0.114 e. The van der Waals surface area contributed by atoms with Crippen molar-refractivity contribution < 1.29 is 24.8 Å². The van der Waals surface area contributed by atoms with Gasteiger partial charge in [0.1, 0.15) is 24.4 Å². The molecule has 0 aliphatic carbocycles. The lowest BCUT2D eigenvalue weighted by Crippen LogP contribution is -2.41. The molecule has 0 saturated carbocycles. The first kappa shape index (κ1) is 27.6. The van der Waals surface area contributed by atoms with Gasteiger partial charge in [0.05, 0.1) is 13.2 Å². The van der Waals surface area contributed by atoms with E-state index in [1.165, 1.54) is 77.0 Å². The summed E-state index contributed by atoms with van der Waals surface area (Å²) in [5.41, 5.74) is 0. The van der Waals surface area contributed by atoms with E-state index in [0.29, 0.717) is 6.61 Å². The average molecular weight is 429 g/mol. The Morgan fingerprint density at radius 2 is 1.40 bits per heavy atom. The van der Waals surface area contributed by atoms with Crippen LogP contribution in [0.5, 0.6) is 0 Å². The second kappa shape index (κ2) is 19.2. The van der Waals surface area contributed by atoms with E-state index in [2.05, 4.69) is 19.1 Å². The van der Waals surface area contributed by atoms with Crippen LogP contribution in [0.1, 0.15) is 103 Å². The van der Waals surface area contributed by atoms with E-state index in [4.69, 9.17) is 14.6 Å². The van der Waals surface area contributed by atoms with Gasteiger partial charge in [-0.15, -0.1) is 0 Å². The molecule has 1 fully saturated rings. The molecule has 0 unspecified atom stereocenters. The van der Waals surface area contributed by atoms with Crippen molar-refractivity contribution in [2.75, 3.05) is 19.8 Å². The fourth-order valence-corrected chi connectivity index (χ4v) is 3.97. The second-order valence-corrected chi connectivity index (χ2v) is 8.74. The molecule has 0 aromatic carbocycles. The molecule has 0 bridgehead atoms. The van der Waals surface area contributed by atoms with Gasteiger partial charge in [-0.3, -0.25) is 0 Å². The molecule has 4 atom stereocenters. The fourth-order valence-electron chi connectivity index (χ4n) is 3.97. The zero-order valence-electron chi connectivity index (χ0n) is 19.4. The molecular weight excluding hydrogens is 380 g/mol. The van der Waals surface area contributed by atoms with Crippen molar-refractivity contribution in [3.8, 4) is 0 Å². The second-order valence-electron chi connectivity index (χ2n) is 8.74. The molecule has 1 aliphatic rings. The first-order valence-electron chi connectivity index (χ1n) is 12.6. The van der Waals surface area contributed by atoms with Gasteiger partial charge in [-0.05, 0) is 32.1 Å². The SMILES string of the molecule is CCCCCCCCCCCCC/C=C/CCCCO[C@H]1CO[C@@H]([C@H](O)CO)[C@H]1O. The molecule has 1 rings (SSSR count). The standard InChI is InChI=1S/C25H48O5/c1-2-3-4-5-6-7-8-9-10-11-12-13-14-15-16-17-18-19-29-23-21-30-25(24(23)28)22(27)20-26/h14-15,22-28H,2-13,16-21H2,1H3/b15-14+/t22-,23+,24+,25+/m1/s1. The third kappa shape index (κ3) is 13.1. The van der Waals surface area contributed by atoms with Crippen molar-refractivity contribution in [2.24, 2.45) is 0 Å². The van der Waals surface area contributed by atoms with Crippen molar-refractivity contribution in [2.45, 2.75) is 128 Å². The van der Waals surface area contributed by atoms with Gasteiger partial charge in [0.25, 0.3) is 0 Å². The molecule has 178 valence electrons. The monoisotopic (exact) mass is 428 g/mol. The zero-order valence-corrected chi connectivity index (χ0v) is 19.4. The number of aliphatic hydroxyl groups is 3. The summed E-state index contributed by atoms with van der Waals surface area (Å²) in [6, 6.07) is 0. The maximum absolute atomic E-state index is 10.1. The van der Waals surface area contributed by atoms with Crippen LogP contribution in [0.2, 0.25) is 0 Å². The summed E-state index contributed by atoms with van der Waals surface area (Å²) in [7, 11) is 0. The van der Waals surface area contributed by atoms with E-state index >= 15 is 0 Å². The average Bonchev–Trinajstić information content (AvgIpc) is 3.12. The topological polar surface area (TPSA) is 79.2 Å². The van der Waals surface area contributed by atoms with E-state index < -0.39 is 31.0 Å². The Labute approximate surface area is 184 Å². The Hall–Kier alpha value is -0.460. The van der Waals surface area contributed by atoms with Crippen LogP contribution in [-0.2, 0) is 9.47 Å². The summed E-state index contributed by atoms with van der Waals surface area (Å²) < 4.78 is 11.0. The predicted molar refractivity (Wildman–Crippen MR) is 123 cm³/mol. The third-order valence-electron chi connectivity index (χ3n) is 5.97. The lowest BCUT2D eigenvalue weighted by Gasteiger charge is -2.20. The lowest BCUT2D eigenvalue weighted by molar-refractivity contribution is -0.0730. The number of allylic oxidation sites excluding steroid dienone is 2. The summed E-state index contributed by atoms with van der Waals surface area (Å²) in [5, 5.41) is 28.6. The maximum atomic E-state index is 10.1. The molecular formula is C25H48O5. The molecule has 3 N–H and O–H groups in total. The Kier molecular flexibility index (Phi) is 17.7. The molecule has 0 amide bonds. The highest BCUT2D eigenvalue weighted by molar-refractivity contribution is 4.88. The largest absolute Gasteiger partial charge is 0.394 e. The fraction of sp³-hybridized carbons (Fsp3) is 0.920. The van der Waals surface area contributed by atoms with Crippen molar-refractivity contribution >= 4 is 0 Å². The normalized spacial score (nSPS) is 22.9. The predicted octanol–water partition coefficient (Wildman–Crippen LogP) is 4.91. The summed E-state index contributed by atoms with van der Waals surface area (Å²) >= 11 is 0. The Morgan fingerprint density at radius 1 is 0.867 bits per heavy atom. The molecule has 1 aliphatic heterocycles. The van der Waals surface area contributed by atoms with Gasteiger partial charge >= 0.3 is 0 Å². The molecule has 1 saturated heterocycles.